The van der Waals surface area contributed by atoms with Crippen LogP contribution in [0, 0.1) is 68.0 Å². The van der Waals surface area contributed by atoms with Crippen LogP contribution in [-0.2, 0) is 62.0 Å². The molecule has 7 aliphatic carbocycles. The highest BCUT2D eigenvalue weighted by molar-refractivity contribution is 5.91. The molecule has 0 radical (unpaired) electrons. The summed E-state index contributed by atoms with van der Waals surface area (Å²) < 4.78 is 33.3. The number of hydrogen-bond acceptors (Lipinski definition) is 13. The Kier molecular flexibility index (Phi) is 20.7. The molecule has 0 aromatic heterocycles. The highest BCUT2D eigenvalue weighted by Crippen LogP contribution is 2.61. The molecule has 3 heterocycles. The van der Waals surface area contributed by atoms with Crippen molar-refractivity contribution in [3.8, 4) is 0 Å². The molecule has 0 N–H and O–H groups in total. The number of fused-ring (bicyclic) bond motifs is 1. The van der Waals surface area contributed by atoms with Gasteiger partial charge in [-0.15, -0.1) is 0 Å². The molecule has 5 unspecified atom stereocenters. The maximum absolute atomic E-state index is 12.6. The van der Waals surface area contributed by atoms with Crippen LogP contribution >= 0.6 is 0 Å². The molecule has 438 valence electrons. The van der Waals surface area contributed by atoms with E-state index in [0.29, 0.717) is 56.7 Å². The number of allylic oxidation sites excluding steroid dienone is 2. The summed E-state index contributed by atoms with van der Waals surface area (Å²) in [6.07, 6.45) is 20.3. The fraction of sp³-hybridized carbons (Fsp3) is 0.859. The maximum Gasteiger partial charge on any atom is 0.348 e. The molecule has 0 amide bonds. The second-order valence-electron chi connectivity index (χ2n) is 29.0. The van der Waals surface area contributed by atoms with Crippen LogP contribution < -0.4 is 0 Å². The van der Waals surface area contributed by atoms with E-state index < -0.39 is 33.9 Å². The summed E-state index contributed by atoms with van der Waals surface area (Å²) in [5, 5.41) is 0. The number of rotatable bonds is 17. The van der Waals surface area contributed by atoms with Crippen molar-refractivity contribution in [1.29, 1.82) is 0 Å². The maximum atomic E-state index is 12.6. The molecule has 77 heavy (non-hydrogen) atoms. The quantitative estimate of drug-likeness (QED) is 0.0765. The smallest absolute Gasteiger partial charge is 0.348 e. The van der Waals surface area contributed by atoms with Crippen LogP contribution in [0.25, 0.3) is 0 Å². The summed E-state index contributed by atoms with van der Waals surface area (Å²) in [5.74, 6) is 2.71. The second kappa shape index (κ2) is 24.9. The predicted molar refractivity (Wildman–Crippen MR) is 297 cm³/mol. The molecule has 9 fully saturated rings. The number of hydrogen-bond donors (Lipinski definition) is 0. The molecule has 10 rings (SSSR count). The standard InChI is InChI=1S/C18H30O3.C18H30O2.C16H24O4.C12H20O4/c1-6-18(4,5)16(20)21-10-8-7-9-14-11-15(19)13-17(2,3)12-14;1-5-17(3,4)16(19)20-18(6-2)14-8-12-7-13(10-14)11-15(18)9-12;1-4-15(2,3)14(18)20-16-7-10-5-11(8-16)13(17)19-12(6-10)9-16;1-6-11(2,3)10(14)16-8-9(13)15-7-12(8,4)5/h11H,6-10,12-13H2,1-5H3;12-15H,5-11H2,1-4H3;10-12H,4-9H2,1-3H3;8H,6-7H2,1-5H3. The lowest BCUT2D eigenvalue weighted by Crippen LogP contribution is -2.60. The summed E-state index contributed by atoms with van der Waals surface area (Å²) in [4.78, 5) is 83.8. The fourth-order valence-electron chi connectivity index (χ4n) is 13.2. The fourth-order valence-corrected chi connectivity index (χ4v) is 13.2. The summed E-state index contributed by atoms with van der Waals surface area (Å²) in [6.45, 7) is 34.3. The molecule has 5 atom stereocenters. The van der Waals surface area contributed by atoms with Gasteiger partial charge in [-0.25, -0.2) is 4.79 Å². The van der Waals surface area contributed by atoms with E-state index in [1.165, 1.54) is 37.7 Å². The Morgan fingerprint density at radius 2 is 1.13 bits per heavy atom. The summed E-state index contributed by atoms with van der Waals surface area (Å²) in [5.41, 5.74) is -1.41. The van der Waals surface area contributed by atoms with Gasteiger partial charge < -0.3 is 28.4 Å². The Labute approximate surface area is 464 Å². The molecule has 8 bridgehead atoms. The van der Waals surface area contributed by atoms with Gasteiger partial charge in [0.1, 0.15) is 23.9 Å². The van der Waals surface area contributed by atoms with Crippen molar-refractivity contribution in [2.75, 3.05) is 13.2 Å². The molecule has 6 saturated carbocycles. The largest absolute Gasteiger partial charge is 0.465 e. The van der Waals surface area contributed by atoms with Crippen LogP contribution in [0.1, 0.15) is 246 Å². The van der Waals surface area contributed by atoms with Crippen LogP contribution in [0.5, 0.6) is 0 Å². The zero-order valence-corrected chi connectivity index (χ0v) is 51.1. The van der Waals surface area contributed by atoms with Gasteiger partial charge in [-0.1, -0.05) is 67.9 Å². The van der Waals surface area contributed by atoms with Gasteiger partial charge in [0.05, 0.1) is 34.2 Å². The van der Waals surface area contributed by atoms with Crippen molar-refractivity contribution in [3.05, 3.63) is 11.6 Å². The molecule has 0 aromatic rings. The van der Waals surface area contributed by atoms with Crippen LogP contribution in [0.2, 0.25) is 0 Å². The molecule has 3 aliphatic heterocycles. The number of cyclic esters (lactones) is 1. The Morgan fingerprint density at radius 3 is 1.64 bits per heavy atom. The minimum Gasteiger partial charge on any atom is -0.465 e. The number of ether oxygens (including phenoxy) is 6. The first-order chi connectivity index (χ1) is 35.6. The Hall–Kier alpha value is -3.77. The predicted octanol–water partition coefficient (Wildman–Crippen LogP) is 13.8. The number of carbonyl (C=O) groups is 7. The van der Waals surface area contributed by atoms with Gasteiger partial charge in [-0.05, 0) is 206 Å². The summed E-state index contributed by atoms with van der Waals surface area (Å²) in [6, 6.07) is 0. The lowest BCUT2D eigenvalue weighted by Gasteiger charge is -2.60. The third-order valence-electron chi connectivity index (χ3n) is 19.7. The van der Waals surface area contributed by atoms with Gasteiger partial charge in [0.25, 0.3) is 0 Å². The molecule has 13 nitrogen and oxygen atoms in total. The van der Waals surface area contributed by atoms with Crippen molar-refractivity contribution in [3.63, 3.8) is 0 Å². The monoisotopic (exact) mass is 1080 g/mol. The van der Waals surface area contributed by atoms with E-state index in [9.17, 15) is 33.6 Å². The third kappa shape index (κ3) is 15.8. The topological polar surface area (TPSA) is 175 Å². The van der Waals surface area contributed by atoms with E-state index in [2.05, 4.69) is 27.7 Å². The molecule has 0 spiro atoms. The molecular weight excluding hydrogens is 977 g/mol. The SMILES string of the molecule is CCC(C)(C)C(=O)OC1(CC)C2CC3CC(C2)CC1C3.CCC(C)(C)C(=O)OC12CC3CC(C1)OC(=O)C(C3)C2.CCC(C)(C)C(=O)OC1C(=O)OCC1(C)C.CCC(C)(C)C(=O)OCCCCC1=CC(=O)CC(C)(C)C1. The van der Waals surface area contributed by atoms with Crippen LogP contribution in [0.4, 0.5) is 0 Å². The van der Waals surface area contributed by atoms with E-state index in [1.807, 2.05) is 96.1 Å². The minimum absolute atomic E-state index is 0.0364. The van der Waals surface area contributed by atoms with Gasteiger partial charge in [-0.3, -0.25) is 28.8 Å². The first-order valence-corrected chi connectivity index (χ1v) is 30.1. The van der Waals surface area contributed by atoms with Crippen molar-refractivity contribution >= 4 is 41.6 Å². The van der Waals surface area contributed by atoms with Crippen molar-refractivity contribution < 1.29 is 62.0 Å². The van der Waals surface area contributed by atoms with Gasteiger partial charge in [0.15, 0.2) is 5.78 Å². The van der Waals surface area contributed by atoms with E-state index >= 15 is 0 Å². The molecule has 10 aliphatic rings. The Morgan fingerprint density at radius 1 is 0.597 bits per heavy atom. The molecule has 13 heteroatoms. The summed E-state index contributed by atoms with van der Waals surface area (Å²) in [7, 11) is 0. The minimum atomic E-state index is -0.772. The number of ketones is 1. The average Bonchev–Trinajstić information content (AvgIpc) is 3.49. The first-order valence-electron chi connectivity index (χ1n) is 30.1. The lowest BCUT2D eigenvalue weighted by atomic mass is 9.49. The first kappa shape index (κ1) is 64.1. The van der Waals surface area contributed by atoms with Crippen molar-refractivity contribution in [1.82, 2.24) is 0 Å². The number of carbonyl (C=O) groups excluding carboxylic acids is 7. The van der Waals surface area contributed by atoms with E-state index in [-0.39, 0.29) is 69.5 Å². The number of unbranched alkanes of at least 4 members (excludes halogenated alkanes) is 1. The van der Waals surface area contributed by atoms with Gasteiger partial charge in [0.2, 0.25) is 6.10 Å². The van der Waals surface area contributed by atoms with Crippen LogP contribution in [0.3, 0.4) is 0 Å². The highest BCUT2D eigenvalue weighted by Gasteiger charge is 2.60. The van der Waals surface area contributed by atoms with Crippen LogP contribution in [-0.4, -0.2) is 78.2 Å². The normalized spacial score (nSPS) is 31.3. The van der Waals surface area contributed by atoms with Crippen molar-refractivity contribution in [2.24, 2.45) is 68.0 Å². The average molecular weight is 1080 g/mol. The van der Waals surface area contributed by atoms with Gasteiger partial charge >= 0.3 is 35.8 Å². The van der Waals surface area contributed by atoms with Gasteiger partial charge in [0, 0.05) is 24.7 Å². The van der Waals surface area contributed by atoms with E-state index in [1.54, 1.807) is 0 Å². The number of esters is 6. The highest BCUT2D eigenvalue weighted by atomic mass is 16.6. The zero-order valence-electron chi connectivity index (χ0n) is 51.1. The summed E-state index contributed by atoms with van der Waals surface area (Å²) >= 11 is 0. The zero-order chi connectivity index (χ0) is 57.7. The molecule has 3 saturated heterocycles. The molecule has 0 aromatic carbocycles. The molecular formula is C64H104O13. The van der Waals surface area contributed by atoms with Gasteiger partial charge in [-0.2, -0.15) is 0 Å². The van der Waals surface area contributed by atoms with Crippen LogP contribution in [0.15, 0.2) is 11.6 Å². The lowest BCUT2D eigenvalue weighted by molar-refractivity contribution is -0.218. The Bertz CT molecular complexity index is 2130. The third-order valence-corrected chi connectivity index (χ3v) is 19.7. The second-order valence-corrected chi connectivity index (χ2v) is 29.0. The van der Waals surface area contributed by atoms with E-state index in [4.69, 9.17) is 28.4 Å². The Balaban J connectivity index is 0.000000190. The van der Waals surface area contributed by atoms with Crippen molar-refractivity contribution in [2.45, 2.75) is 270 Å². The van der Waals surface area contributed by atoms with E-state index in [0.717, 1.165) is 82.5 Å².